The van der Waals surface area contributed by atoms with Gasteiger partial charge in [-0.3, -0.25) is 0 Å². The molecule has 1 unspecified atom stereocenters. The maximum absolute atomic E-state index is 12.4. The normalized spacial score (nSPS) is 12.4. The Morgan fingerprint density at radius 1 is 1.21 bits per heavy atom. The van der Waals surface area contributed by atoms with Gasteiger partial charge in [-0.1, -0.05) is 0 Å². The second-order valence-corrected chi connectivity index (χ2v) is 10.4. The predicted octanol–water partition coefficient (Wildman–Crippen LogP) is 6.47. The van der Waals surface area contributed by atoms with Gasteiger partial charge in [-0.2, -0.15) is 0 Å². The molecule has 130 valence electrons. The third-order valence-corrected chi connectivity index (χ3v) is 7.97. The van der Waals surface area contributed by atoms with Gasteiger partial charge in [0.15, 0.2) is 0 Å². The van der Waals surface area contributed by atoms with Gasteiger partial charge in [-0.15, -0.1) is 0 Å². The minimum absolute atomic E-state index is 0.199. The molecule has 1 atom stereocenters. The number of unbranched alkanes of at least 4 members (excludes halogenated alkanes) is 5. The van der Waals surface area contributed by atoms with Crippen molar-refractivity contribution in [1.29, 1.82) is 0 Å². The molecule has 0 bridgehead atoms. The van der Waals surface area contributed by atoms with Crippen LogP contribution in [-0.4, -0.2) is 25.5 Å². The summed E-state index contributed by atoms with van der Waals surface area (Å²) in [5.41, 5.74) is 0. The molecular formula is C17H21BBr2O2S2. The van der Waals surface area contributed by atoms with Gasteiger partial charge < -0.3 is 0 Å². The third kappa shape index (κ3) is 5.51. The zero-order valence-corrected chi connectivity index (χ0v) is 18.6. The van der Waals surface area contributed by atoms with E-state index in [-0.39, 0.29) is 12.1 Å². The van der Waals surface area contributed by atoms with Crippen molar-refractivity contribution >= 4 is 84.0 Å². The van der Waals surface area contributed by atoms with Gasteiger partial charge in [0.25, 0.3) is 0 Å². The van der Waals surface area contributed by atoms with Crippen LogP contribution >= 0.6 is 54.5 Å². The van der Waals surface area contributed by atoms with Crippen molar-refractivity contribution in [2.24, 2.45) is 0 Å². The maximum atomic E-state index is 12.4. The van der Waals surface area contributed by atoms with Gasteiger partial charge >= 0.3 is 170 Å². The zero-order chi connectivity index (χ0) is 17.5. The quantitative estimate of drug-likeness (QED) is 0.216. The van der Waals surface area contributed by atoms with Crippen molar-refractivity contribution in [2.75, 3.05) is 0 Å². The number of hydrogen-bond donors (Lipinski definition) is 0. The van der Waals surface area contributed by atoms with Gasteiger partial charge in [0.05, 0.1) is 0 Å². The summed E-state index contributed by atoms with van der Waals surface area (Å²) in [4.78, 5) is 13.0. The van der Waals surface area contributed by atoms with Crippen molar-refractivity contribution < 1.29 is 9.53 Å². The number of thiophene rings is 2. The first-order valence-corrected chi connectivity index (χ1v) is 11.5. The Bertz CT molecular complexity index is 662. The van der Waals surface area contributed by atoms with E-state index >= 15 is 0 Å². The minimum atomic E-state index is -0.254. The molecule has 0 amide bonds. The molecule has 2 aromatic rings. The second-order valence-electron chi connectivity index (χ2n) is 5.74. The van der Waals surface area contributed by atoms with Crippen molar-refractivity contribution in [2.45, 2.75) is 58.0 Å². The van der Waals surface area contributed by atoms with E-state index in [2.05, 4.69) is 46.3 Å². The number of hydrogen-bond acceptors (Lipinski definition) is 4. The molecule has 2 rings (SSSR count). The van der Waals surface area contributed by atoms with Crippen LogP contribution in [0, 0.1) is 0 Å². The summed E-state index contributed by atoms with van der Waals surface area (Å²) in [7, 11) is 3.81. The average Bonchev–Trinajstić information content (AvgIpc) is 3.11. The molecule has 0 fully saturated rings. The van der Waals surface area contributed by atoms with Crippen molar-refractivity contribution in [1.82, 2.24) is 0 Å². The van der Waals surface area contributed by atoms with Crippen LogP contribution in [0.15, 0.2) is 13.6 Å². The third-order valence-electron chi connectivity index (χ3n) is 3.87. The number of halogens is 2. The number of carbonyl (C=O) groups excluding carboxylic acids is 1. The predicted molar refractivity (Wildman–Crippen MR) is 116 cm³/mol. The van der Waals surface area contributed by atoms with E-state index < -0.39 is 0 Å². The summed E-state index contributed by atoms with van der Waals surface area (Å²) in [6.45, 7) is 2.22. The number of fused-ring (bicyclic) bond motifs is 1. The van der Waals surface area contributed by atoms with Crippen LogP contribution in [-0.2, 0) is 4.74 Å². The Balaban J connectivity index is 1.86. The number of ether oxygens (including phenoxy) is 1. The Morgan fingerprint density at radius 2 is 1.92 bits per heavy atom. The van der Waals surface area contributed by atoms with E-state index in [0.717, 1.165) is 30.5 Å². The summed E-state index contributed by atoms with van der Waals surface area (Å²) in [5, 5.41) is 1.06. The van der Waals surface area contributed by atoms with E-state index in [1.54, 1.807) is 17.3 Å². The van der Waals surface area contributed by atoms with Crippen molar-refractivity contribution in [3.63, 3.8) is 0 Å². The second kappa shape index (κ2) is 10.2. The first-order chi connectivity index (χ1) is 11.6. The van der Waals surface area contributed by atoms with Crippen molar-refractivity contribution in [3.8, 4) is 0 Å². The summed E-state index contributed by atoms with van der Waals surface area (Å²) in [6.07, 6.45) is 8.04. The first kappa shape index (κ1) is 20.3. The average molecular weight is 492 g/mol. The van der Waals surface area contributed by atoms with E-state index in [0.29, 0.717) is 4.88 Å². The molecule has 0 N–H and O–H groups in total. The Morgan fingerprint density at radius 3 is 2.58 bits per heavy atom. The molecule has 24 heavy (non-hydrogen) atoms. The molecule has 0 saturated carbocycles. The van der Waals surface area contributed by atoms with Crippen LogP contribution in [0.25, 0.3) is 10.1 Å². The molecule has 2 nitrogen and oxygen atoms in total. The van der Waals surface area contributed by atoms with E-state index in [4.69, 9.17) is 4.74 Å². The monoisotopic (exact) mass is 490 g/mol. The van der Waals surface area contributed by atoms with Gasteiger partial charge in [0.1, 0.15) is 0 Å². The molecule has 0 aliphatic carbocycles. The van der Waals surface area contributed by atoms with Crippen LogP contribution in [0.3, 0.4) is 0 Å². The van der Waals surface area contributed by atoms with Crippen LogP contribution in [0.5, 0.6) is 0 Å². The van der Waals surface area contributed by atoms with Crippen LogP contribution < -0.4 is 0 Å². The standard InChI is InChI=1S/C17H21BBr2O2S2/c1-2-3-4-5-6-7-8-11(10-18)22-17(21)13-9-12-14(23-13)16(20)24-15(12)19/h9-11,18H,2-8H2,1H3. The fourth-order valence-electron chi connectivity index (χ4n) is 2.51. The first-order valence-electron chi connectivity index (χ1n) is 8.27. The molecule has 0 aromatic carbocycles. The molecule has 0 spiro atoms. The molecular weight excluding hydrogens is 471 g/mol. The van der Waals surface area contributed by atoms with E-state index in [9.17, 15) is 4.79 Å². The molecule has 2 aromatic heterocycles. The Hall–Kier alpha value is 0.0249. The molecule has 0 saturated heterocycles. The fraction of sp³-hybridized carbons (Fsp3) is 0.529. The van der Waals surface area contributed by atoms with Crippen LogP contribution in [0.1, 0.15) is 61.5 Å². The summed E-state index contributed by atoms with van der Waals surface area (Å²) in [5.74, 6) is 1.49. The van der Waals surface area contributed by atoms with Gasteiger partial charge in [0, 0.05) is 0 Å². The summed E-state index contributed by atoms with van der Waals surface area (Å²) >= 11 is 10.2. The SMILES string of the molecule is B=CC(CCCCCCCC)OC(=O)c1cc2c(Br)sc(Br)c2s1. The van der Waals surface area contributed by atoms with E-state index in [1.165, 1.54) is 43.4 Å². The Labute approximate surface area is 169 Å². The van der Waals surface area contributed by atoms with Gasteiger partial charge in [0.2, 0.25) is 0 Å². The summed E-state index contributed by atoms with van der Waals surface area (Å²) in [6, 6.07) is 1.90. The number of carbonyl (C=O) groups is 1. The number of rotatable bonds is 10. The molecule has 0 radical (unpaired) electrons. The fourth-order valence-corrected chi connectivity index (χ4v) is 6.86. The van der Waals surface area contributed by atoms with Gasteiger partial charge in [-0.25, -0.2) is 0 Å². The topological polar surface area (TPSA) is 26.3 Å². The summed E-state index contributed by atoms with van der Waals surface area (Å²) < 4.78 is 8.78. The van der Waals surface area contributed by atoms with E-state index in [1.807, 2.05) is 6.07 Å². The molecule has 0 aliphatic heterocycles. The zero-order valence-electron chi connectivity index (χ0n) is 13.8. The molecule has 7 heteroatoms. The van der Waals surface area contributed by atoms with Crippen LogP contribution in [0.2, 0.25) is 0 Å². The van der Waals surface area contributed by atoms with Crippen LogP contribution in [0.4, 0.5) is 0 Å². The molecule has 2 heterocycles. The number of esters is 1. The Kier molecular flexibility index (Phi) is 8.68. The van der Waals surface area contributed by atoms with Gasteiger partial charge in [-0.05, 0) is 0 Å². The van der Waals surface area contributed by atoms with Crippen molar-refractivity contribution in [3.05, 3.63) is 18.5 Å². The molecule has 0 aliphatic rings.